The van der Waals surface area contributed by atoms with Gasteiger partial charge in [-0.2, -0.15) is 0 Å². The van der Waals surface area contributed by atoms with E-state index >= 15 is 0 Å². The summed E-state index contributed by atoms with van der Waals surface area (Å²) in [6, 6.07) is 10.8. The molecule has 23 heavy (non-hydrogen) atoms. The van der Waals surface area contributed by atoms with E-state index in [0.29, 0.717) is 33.1 Å². The van der Waals surface area contributed by atoms with Gasteiger partial charge in [0.2, 0.25) is 0 Å². The molecule has 2 aromatic carbocycles. The molecule has 0 aliphatic heterocycles. The summed E-state index contributed by atoms with van der Waals surface area (Å²) in [5.41, 5.74) is 8.41. The number of rotatable bonds is 4. The van der Waals surface area contributed by atoms with Crippen LogP contribution in [0, 0.1) is 5.41 Å². The van der Waals surface area contributed by atoms with Crippen LogP contribution >= 0.6 is 23.2 Å². The Hall–Kier alpha value is -2.50. The van der Waals surface area contributed by atoms with Crippen molar-refractivity contribution in [1.82, 2.24) is 4.98 Å². The monoisotopic (exact) mass is 346 g/mol. The molecule has 0 aliphatic rings. The third kappa shape index (κ3) is 3.31. The minimum atomic E-state index is 0.326. The predicted octanol–water partition coefficient (Wildman–Crippen LogP) is 4.97. The van der Waals surface area contributed by atoms with Crippen molar-refractivity contribution in [2.45, 2.75) is 0 Å². The maximum atomic E-state index is 7.32. The van der Waals surface area contributed by atoms with Crippen molar-refractivity contribution in [3.05, 3.63) is 58.2 Å². The average molecular weight is 347 g/mol. The second kappa shape index (κ2) is 6.32. The maximum absolute atomic E-state index is 7.32. The first kappa shape index (κ1) is 15.4. The summed E-state index contributed by atoms with van der Waals surface area (Å²) >= 11 is 11.9. The first-order chi connectivity index (χ1) is 11.1. The van der Waals surface area contributed by atoms with Crippen molar-refractivity contribution in [2.24, 2.45) is 0 Å². The minimum absolute atomic E-state index is 0.326. The Labute approximate surface area is 142 Å². The van der Waals surface area contributed by atoms with Gasteiger partial charge in [0, 0.05) is 28.7 Å². The van der Waals surface area contributed by atoms with Crippen LogP contribution in [0.1, 0.15) is 5.56 Å². The van der Waals surface area contributed by atoms with Gasteiger partial charge in [0.05, 0.1) is 16.2 Å². The Kier molecular flexibility index (Phi) is 4.23. The third-order valence-corrected chi connectivity index (χ3v) is 3.94. The molecule has 0 saturated heterocycles. The highest BCUT2D eigenvalue weighted by molar-refractivity contribution is 6.42. The second-order valence-corrected chi connectivity index (χ2v) is 5.59. The van der Waals surface area contributed by atoms with Crippen molar-refractivity contribution in [3.8, 4) is 11.3 Å². The van der Waals surface area contributed by atoms with Crippen molar-refractivity contribution < 1.29 is 4.42 Å². The van der Waals surface area contributed by atoms with Crippen molar-refractivity contribution >= 4 is 46.8 Å². The van der Waals surface area contributed by atoms with Crippen LogP contribution in [-0.2, 0) is 0 Å². The van der Waals surface area contributed by atoms with Gasteiger partial charge in [0.25, 0.3) is 6.01 Å². The number of benzene rings is 2. The van der Waals surface area contributed by atoms with Gasteiger partial charge in [-0.15, -0.1) is 0 Å². The van der Waals surface area contributed by atoms with Crippen LogP contribution in [0.3, 0.4) is 0 Å². The third-order valence-electron chi connectivity index (χ3n) is 3.20. The van der Waals surface area contributed by atoms with Crippen LogP contribution in [0.5, 0.6) is 0 Å². The molecule has 7 heteroatoms. The molecule has 0 fully saturated rings. The smallest absolute Gasteiger partial charge is 0.299 e. The van der Waals surface area contributed by atoms with Gasteiger partial charge in [-0.25, -0.2) is 4.98 Å². The van der Waals surface area contributed by atoms with Gasteiger partial charge in [0.15, 0.2) is 5.76 Å². The number of anilines is 3. The largest absolute Gasteiger partial charge is 0.423 e. The molecular weight excluding hydrogens is 335 g/mol. The van der Waals surface area contributed by atoms with E-state index in [9.17, 15) is 0 Å². The first-order valence-electron chi connectivity index (χ1n) is 6.65. The fourth-order valence-corrected chi connectivity index (χ4v) is 2.31. The number of nitrogen functional groups attached to an aromatic ring is 1. The van der Waals surface area contributed by atoms with Crippen LogP contribution in [0.2, 0.25) is 10.0 Å². The lowest BCUT2D eigenvalue weighted by Gasteiger charge is -2.05. The van der Waals surface area contributed by atoms with Crippen molar-refractivity contribution in [1.29, 1.82) is 5.41 Å². The first-order valence-corrected chi connectivity index (χ1v) is 7.40. The molecular formula is C16H12Cl2N4O. The van der Waals surface area contributed by atoms with Crippen molar-refractivity contribution in [2.75, 3.05) is 11.1 Å². The van der Waals surface area contributed by atoms with Gasteiger partial charge >= 0.3 is 0 Å². The zero-order valence-corrected chi connectivity index (χ0v) is 13.3. The maximum Gasteiger partial charge on any atom is 0.299 e. The quantitative estimate of drug-likeness (QED) is 0.459. The molecule has 0 aliphatic carbocycles. The van der Waals surface area contributed by atoms with E-state index in [4.69, 9.17) is 38.8 Å². The fourth-order valence-electron chi connectivity index (χ4n) is 2.02. The zero-order chi connectivity index (χ0) is 16.4. The normalized spacial score (nSPS) is 10.5. The van der Waals surface area contributed by atoms with E-state index in [1.807, 2.05) is 0 Å². The molecule has 0 radical (unpaired) electrons. The van der Waals surface area contributed by atoms with Crippen molar-refractivity contribution in [3.63, 3.8) is 0 Å². The van der Waals surface area contributed by atoms with Crippen LogP contribution in [0.15, 0.2) is 47.0 Å². The fraction of sp³-hybridized carbons (Fsp3) is 0. The molecule has 0 saturated carbocycles. The standard InChI is InChI=1S/C16H12Cl2N4O/c17-12-3-1-9(6-13(12)18)15-8-21-16(23-15)22-11-2-4-14(20)10(5-11)7-19/h1-8,19H,20H2,(H,21,22). The lowest BCUT2D eigenvalue weighted by Crippen LogP contribution is -1.96. The molecule has 0 atom stereocenters. The molecule has 0 bridgehead atoms. The Morgan fingerprint density at radius 3 is 2.70 bits per heavy atom. The van der Waals surface area contributed by atoms with E-state index in [1.165, 1.54) is 6.21 Å². The SMILES string of the molecule is N=Cc1cc(Nc2ncc(-c3ccc(Cl)c(Cl)c3)o2)ccc1N. The second-order valence-electron chi connectivity index (χ2n) is 4.77. The summed E-state index contributed by atoms with van der Waals surface area (Å²) in [7, 11) is 0. The highest BCUT2D eigenvalue weighted by Gasteiger charge is 2.09. The average Bonchev–Trinajstić information content (AvgIpc) is 3.00. The molecule has 0 unspecified atom stereocenters. The molecule has 3 aromatic rings. The number of nitrogens with zero attached hydrogens (tertiary/aromatic N) is 1. The highest BCUT2D eigenvalue weighted by atomic mass is 35.5. The number of aromatic nitrogens is 1. The number of nitrogens with two attached hydrogens (primary N) is 1. The van der Waals surface area contributed by atoms with Gasteiger partial charge in [-0.1, -0.05) is 23.2 Å². The summed E-state index contributed by atoms with van der Waals surface area (Å²) in [6.45, 7) is 0. The van der Waals surface area contributed by atoms with E-state index < -0.39 is 0 Å². The molecule has 4 N–H and O–H groups in total. The summed E-state index contributed by atoms with van der Waals surface area (Å²) < 4.78 is 5.66. The predicted molar refractivity (Wildman–Crippen MR) is 94.0 cm³/mol. The molecule has 0 spiro atoms. The lowest BCUT2D eigenvalue weighted by molar-refractivity contribution is 0.592. The zero-order valence-electron chi connectivity index (χ0n) is 11.8. The van der Waals surface area contributed by atoms with Crippen LogP contribution in [-0.4, -0.2) is 11.2 Å². The number of nitrogens with one attached hydrogen (secondary N) is 2. The summed E-state index contributed by atoms with van der Waals surface area (Å²) in [5, 5.41) is 11.3. The number of hydrogen-bond donors (Lipinski definition) is 3. The van der Waals surface area contributed by atoms with E-state index in [-0.39, 0.29) is 0 Å². The molecule has 1 aromatic heterocycles. The van der Waals surface area contributed by atoms with E-state index in [0.717, 1.165) is 11.3 Å². The van der Waals surface area contributed by atoms with Crippen LogP contribution < -0.4 is 11.1 Å². The Morgan fingerprint density at radius 1 is 1.13 bits per heavy atom. The minimum Gasteiger partial charge on any atom is -0.423 e. The summed E-state index contributed by atoms with van der Waals surface area (Å²) in [4.78, 5) is 4.18. The van der Waals surface area contributed by atoms with Crippen LogP contribution in [0.25, 0.3) is 11.3 Å². The number of oxazole rings is 1. The number of hydrogen-bond acceptors (Lipinski definition) is 5. The Morgan fingerprint density at radius 2 is 1.96 bits per heavy atom. The molecule has 116 valence electrons. The molecule has 0 amide bonds. The topological polar surface area (TPSA) is 87.9 Å². The molecule has 3 rings (SSSR count). The van der Waals surface area contributed by atoms with Gasteiger partial charge in [0.1, 0.15) is 0 Å². The van der Waals surface area contributed by atoms with Gasteiger partial charge < -0.3 is 20.9 Å². The molecule has 5 nitrogen and oxygen atoms in total. The highest BCUT2D eigenvalue weighted by Crippen LogP contribution is 2.30. The van der Waals surface area contributed by atoms with Gasteiger partial charge in [-0.05, 0) is 36.4 Å². The lowest BCUT2D eigenvalue weighted by atomic mass is 10.2. The summed E-state index contributed by atoms with van der Waals surface area (Å²) in [6.07, 6.45) is 2.79. The summed E-state index contributed by atoms with van der Waals surface area (Å²) in [5.74, 6) is 0.564. The van der Waals surface area contributed by atoms with E-state index in [2.05, 4.69) is 10.3 Å². The van der Waals surface area contributed by atoms with Crippen LogP contribution in [0.4, 0.5) is 17.4 Å². The number of halogens is 2. The van der Waals surface area contributed by atoms with E-state index in [1.54, 1.807) is 42.6 Å². The Bertz CT molecular complexity index is 876. The molecule has 1 heterocycles. The van der Waals surface area contributed by atoms with Gasteiger partial charge in [-0.3, -0.25) is 0 Å². The Balaban J connectivity index is 1.84.